The highest BCUT2D eigenvalue weighted by Gasteiger charge is 2.14. The third kappa shape index (κ3) is 4.46. The average Bonchev–Trinajstić information content (AvgIpc) is 2.28. The van der Waals surface area contributed by atoms with E-state index in [4.69, 9.17) is 15.6 Å². The molecule has 102 valence electrons. The number of anilines is 1. The summed E-state index contributed by atoms with van der Waals surface area (Å²) in [6.45, 7) is -0.114. The zero-order chi connectivity index (χ0) is 13.5. The van der Waals surface area contributed by atoms with Crippen LogP contribution in [-0.4, -0.2) is 43.2 Å². The number of ether oxygens (including phenoxy) is 1. The van der Waals surface area contributed by atoms with Gasteiger partial charge in [0.05, 0.1) is 20.3 Å². The summed E-state index contributed by atoms with van der Waals surface area (Å²) in [6, 6.07) is 5.07. The Bertz CT molecular complexity index is 375. The predicted octanol–water partition coefficient (Wildman–Crippen LogP) is 1.34. The van der Waals surface area contributed by atoms with Gasteiger partial charge in [0, 0.05) is 24.3 Å². The summed E-state index contributed by atoms with van der Waals surface area (Å²) in [5.41, 5.74) is 6.94. The third-order valence-electron chi connectivity index (χ3n) is 2.51. The quantitative estimate of drug-likeness (QED) is 0.726. The van der Waals surface area contributed by atoms with Crippen molar-refractivity contribution in [3.8, 4) is 5.75 Å². The Kier molecular flexibility index (Phi) is 5.80. The lowest BCUT2D eigenvalue weighted by molar-refractivity contribution is 0.0742. The molecular weight excluding hydrogens is 242 g/mol. The van der Waals surface area contributed by atoms with Crippen molar-refractivity contribution >= 4 is 5.69 Å². The van der Waals surface area contributed by atoms with Crippen LogP contribution in [0.1, 0.15) is 5.56 Å². The van der Waals surface area contributed by atoms with Crippen molar-refractivity contribution in [2.75, 3.05) is 32.5 Å². The minimum Gasteiger partial charge on any atom is -0.496 e. The number of benzene rings is 1. The molecule has 18 heavy (non-hydrogen) atoms. The first-order valence-corrected chi connectivity index (χ1v) is 5.60. The molecule has 1 rings (SSSR count). The molecule has 0 aliphatic carbocycles. The smallest absolute Gasteiger partial charge is 0.251 e. The van der Waals surface area contributed by atoms with Gasteiger partial charge < -0.3 is 15.6 Å². The molecule has 0 saturated heterocycles. The second-order valence-electron chi connectivity index (χ2n) is 3.92. The molecule has 0 bridgehead atoms. The van der Waals surface area contributed by atoms with Gasteiger partial charge in [-0.25, -0.2) is 8.78 Å². The van der Waals surface area contributed by atoms with E-state index in [-0.39, 0.29) is 19.7 Å². The fourth-order valence-corrected chi connectivity index (χ4v) is 1.73. The molecule has 0 aliphatic rings. The summed E-state index contributed by atoms with van der Waals surface area (Å²) in [4.78, 5) is 1.46. The number of alkyl halides is 2. The topological polar surface area (TPSA) is 58.7 Å². The molecule has 6 heteroatoms. The van der Waals surface area contributed by atoms with Gasteiger partial charge in [0.2, 0.25) is 0 Å². The van der Waals surface area contributed by atoms with E-state index >= 15 is 0 Å². The van der Waals surface area contributed by atoms with Crippen molar-refractivity contribution in [2.45, 2.75) is 13.0 Å². The molecule has 0 aromatic heterocycles. The van der Waals surface area contributed by atoms with Crippen LogP contribution in [0.2, 0.25) is 0 Å². The summed E-state index contributed by atoms with van der Waals surface area (Å²) in [7, 11) is 1.51. The summed E-state index contributed by atoms with van der Waals surface area (Å²) in [5.74, 6) is 0.599. The van der Waals surface area contributed by atoms with Gasteiger partial charge >= 0.3 is 0 Å². The first-order valence-electron chi connectivity index (χ1n) is 5.60. The SMILES string of the molecule is COc1ccc(N)cc1CN(CCO)CC(F)F. The van der Waals surface area contributed by atoms with E-state index in [0.717, 1.165) is 5.56 Å². The lowest BCUT2D eigenvalue weighted by Crippen LogP contribution is -2.31. The number of nitrogen functional groups attached to an aromatic ring is 1. The maximum Gasteiger partial charge on any atom is 0.251 e. The summed E-state index contributed by atoms with van der Waals surface area (Å²) in [6.07, 6.45) is -2.44. The van der Waals surface area contributed by atoms with E-state index in [1.807, 2.05) is 0 Å². The highest BCUT2D eigenvalue weighted by atomic mass is 19.3. The Morgan fingerprint density at radius 1 is 1.44 bits per heavy atom. The molecule has 4 nitrogen and oxygen atoms in total. The fourth-order valence-electron chi connectivity index (χ4n) is 1.73. The Morgan fingerprint density at radius 2 is 2.17 bits per heavy atom. The maximum absolute atomic E-state index is 12.4. The highest BCUT2D eigenvalue weighted by molar-refractivity contribution is 5.47. The largest absolute Gasteiger partial charge is 0.496 e. The van der Waals surface area contributed by atoms with Crippen LogP contribution < -0.4 is 10.5 Å². The normalized spacial score (nSPS) is 11.2. The van der Waals surface area contributed by atoms with Crippen LogP contribution >= 0.6 is 0 Å². The van der Waals surface area contributed by atoms with Crippen LogP contribution in [-0.2, 0) is 6.54 Å². The molecule has 0 heterocycles. The molecule has 1 aromatic carbocycles. The number of halogens is 2. The minimum atomic E-state index is -2.44. The van der Waals surface area contributed by atoms with Gasteiger partial charge in [0.1, 0.15) is 5.75 Å². The Hall–Kier alpha value is -1.40. The molecule has 0 saturated carbocycles. The minimum absolute atomic E-state index is 0.169. The van der Waals surface area contributed by atoms with Gasteiger partial charge in [0.15, 0.2) is 0 Å². The standard InChI is InChI=1S/C12H18F2N2O2/c1-18-11-3-2-10(15)6-9(11)7-16(4-5-17)8-12(13)14/h2-3,6,12,17H,4-5,7-8,15H2,1H3. The van der Waals surface area contributed by atoms with E-state index < -0.39 is 13.0 Å². The monoisotopic (exact) mass is 260 g/mol. The van der Waals surface area contributed by atoms with Crippen molar-refractivity contribution in [3.05, 3.63) is 23.8 Å². The molecule has 0 fully saturated rings. The fraction of sp³-hybridized carbons (Fsp3) is 0.500. The number of aliphatic hydroxyl groups is 1. The zero-order valence-electron chi connectivity index (χ0n) is 10.3. The number of methoxy groups -OCH3 is 1. The Balaban J connectivity index is 2.81. The van der Waals surface area contributed by atoms with Gasteiger partial charge in [-0.1, -0.05) is 0 Å². The third-order valence-corrected chi connectivity index (χ3v) is 2.51. The van der Waals surface area contributed by atoms with Crippen LogP contribution in [0.3, 0.4) is 0 Å². The summed E-state index contributed by atoms with van der Waals surface area (Å²) < 4.78 is 29.9. The number of hydrogen-bond acceptors (Lipinski definition) is 4. The highest BCUT2D eigenvalue weighted by Crippen LogP contribution is 2.22. The van der Waals surface area contributed by atoms with Crippen molar-refractivity contribution in [1.82, 2.24) is 4.90 Å². The molecule has 0 atom stereocenters. The average molecular weight is 260 g/mol. The van der Waals surface area contributed by atoms with Crippen LogP contribution in [0.4, 0.5) is 14.5 Å². The van der Waals surface area contributed by atoms with Gasteiger partial charge in [-0.15, -0.1) is 0 Å². The van der Waals surface area contributed by atoms with E-state index in [2.05, 4.69) is 0 Å². The molecule has 0 aliphatic heterocycles. The molecule has 1 aromatic rings. The first-order chi connectivity index (χ1) is 8.56. The number of nitrogens with two attached hydrogens (primary N) is 1. The molecule has 0 unspecified atom stereocenters. The lowest BCUT2D eigenvalue weighted by Gasteiger charge is -2.22. The number of rotatable bonds is 7. The van der Waals surface area contributed by atoms with Crippen LogP contribution in [0, 0.1) is 0 Å². The van der Waals surface area contributed by atoms with E-state index in [0.29, 0.717) is 11.4 Å². The predicted molar refractivity (Wildman–Crippen MR) is 65.8 cm³/mol. The lowest BCUT2D eigenvalue weighted by atomic mass is 10.1. The maximum atomic E-state index is 12.4. The number of nitrogens with zero attached hydrogens (tertiary/aromatic N) is 1. The van der Waals surface area contributed by atoms with Gasteiger partial charge in [-0.3, -0.25) is 4.90 Å². The summed E-state index contributed by atoms with van der Waals surface area (Å²) in [5, 5.41) is 8.87. The zero-order valence-corrected chi connectivity index (χ0v) is 10.3. The van der Waals surface area contributed by atoms with Crippen LogP contribution in [0.15, 0.2) is 18.2 Å². The first kappa shape index (κ1) is 14.7. The van der Waals surface area contributed by atoms with E-state index in [1.165, 1.54) is 12.0 Å². The van der Waals surface area contributed by atoms with Crippen molar-refractivity contribution in [1.29, 1.82) is 0 Å². The van der Waals surface area contributed by atoms with Crippen molar-refractivity contribution in [3.63, 3.8) is 0 Å². The summed E-state index contributed by atoms with van der Waals surface area (Å²) >= 11 is 0. The second-order valence-corrected chi connectivity index (χ2v) is 3.92. The number of aliphatic hydroxyl groups excluding tert-OH is 1. The second kappa shape index (κ2) is 7.13. The molecule has 0 spiro atoms. The van der Waals surface area contributed by atoms with Crippen LogP contribution in [0.25, 0.3) is 0 Å². The molecule has 0 amide bonds. The molecule has 0 radical (unpaired) electrons. The Labute approximate surface area is 105 Å². The molecule has 3 N–H and O–H groups in total. The molecular formula is C12H18F2N2O2. The van der Waals surface area contributed by atoms with Crippen molar-refractivity contribution in [2.24, 2.45) is 0 Å². The van der Waals surface area contributed by atoms with Crippen molar-refractivity contribution < 1.29 is 18.6 Å². The van der Waals surface area contributed by atoms with Gasteiger partial charge in [-0.2, -0.15) is 0 Å². The van der Waals surface area contributed by atoms with Gasteiger partial charge in [0.25, 0.3) is 6.43 Å². The van der Waals surface area contributed by atoms with Gasteiger partial charge in [-0.05, 0) is 18.2 Å². The van der Waals surface area contributed by atoms with Crippen LogP contribution in [0.5, 0.6) is 5.75 Å². The van der Waals surface area contributed by atoms with E-state index in [1.54, 1.807) is 18.2 Å². The number of hydrogen-bond donors (Lipinski definition) is 2. The van der Waals surface area contributed by atoms with E-state index in [9.17, 15) is 8.78 Å². The Morgan fingerprint density at radius 3 is 2.72 bits per heavy atom.